The molecule has 2 aliphatic carbocycles. The summed E-state index contributed by atoms with van der Waals surface area (Å²) in [6.07, 6.45) is 3.92. The van der Waals surface area contributed by atoms with E-state index in [1.807, 2.05) is 17.0 Å². The van der Waals surface area contributed by atoms with Gasteiger partial charge in [0.15, 0.2) is 0 Å². The minimum Gasteiger partial charge on any atom is -0.385 e. The van der Waals surface area contributed by atoms with Crippen LogP contribution in [0.3, 0.4) is 0 Å². The number of aliphatic imine (C=N–C) groups is 1. The second kappa shape index (κ2) is 3.60. The zero-order valence-electron chi connectivity index (χ0n) is 10.4. The molecule has 2 amide bonds. The van der Waals surface area contributed by atoms with Crippen LogP contribution in [0.2, 0.25) is 0 Å². The number of nitrogens with zero attached hydrogens (tertiary/aromatic N) is 2. The van der Waals surface area contributed by atoms with Crippen molar-refractivity contribution < 1.29 is 4.79 Å². The molecule has 2 N–H and O–H groups in total. The lowest BCUT2D eigenvalue weighted by atomic mass is 9.89. The fourth-order valence-electron chi connectivity index (χ4n) is 3.49. The molecule has 1 saturated carbocycles. The molecule has 3 aliphatic rings. The van der Waals surface area contributed by atoms with Gasteiger partial charge in [0.25, 0.3) is 0 Å². The highest BCUT2D eigenvalue weighted by atomic mass is 79.9. The van der Waals surface area contributed by atoms with Crippen molar-refractivity contribution in [2.24, 2.45) is 10.7 Å². The highest BCUT2D eigenvalue weighted by Gasteiger charge is 2.57. The highest BCUT2D eigenvalue weighted by molar-refractivity contribution is 9.10. The van der Waals surface area contributed by atoms with Crippen molar-refractivity contribution in [1.29, 1.82) is 0 Å². The minimum absolute atomic E-state index is 0.159. The molecule has 98 valence electrons. The maximum atomic E-state index is 12.2. The maximum absolute atomic E-state index is 12.2. The number of hydrogen-bond donors (Lipinski definition) is 1. The molecule has 1 fully saturated rings. The number of halogens is 1. The van der Waals surface area contributed by atoms with Crippen LogP contribution in [-0.2, 0) is 12.0 Å². The Hall–Kier alpha value is -1.36. The zero-order valence-corrected chi connectivity index (χ0v) is 12.0. The summed E-state index contributed by atoms with van der Waals surface area (Å²) < 4.78 is 1.10. The van der Waals surface area contributed by atoms with Crippen molar-refractivity contribution >= 4 is 27.8 Å². The summed E-state index contributed by atoms with van der Waals surface area (Å²) in [6, 6.07) is 6.30. The Morgan fingerprint density at radius 3 is 2.95 bits per heavy atom. The van der Waals surface area contributed by atoms with Crippen LogP contribution in [0, 0.1) is 0 Å². The second-order valence-electron chi connectivity index (χ2n) is 5.51. The molecule has 0 radical (unpaired) electrons. The topological polar surface area (TPSA) is 58.7 Å². The van der Waals surface area contributed by atoms with Crippen molar-refractivity contribution in [2.75, 3.05) is 0 Å². The third kappa shape index (κ3) is 1.34. The van der Waals surface area contributed by atoms with Crippen molar-refractivity contribution in [2.45, 2.75) is 37.3 Å². The first-order valence-electron chi connectivity index (χ1n) is 6.60. The van der Waals surface area contributed by atoms with E-state index >= 15 is 0 Å². The quantitative estimate of drug-likeness (QED) is 0.864. The van der Waals surface area contributed by atoms with E-state index in [1.54, 1.807) is 0 Å². The van der Waals surface area contributed by atoms with Gasteiger partial charge in [0.2, 0.25) is 0 Å². The van der Waals surface area contributed by atoms with Gasteiger partial charge in [0, 0.05) is 10.5 Å². The molecule has 0 aromatic heterocycles. The normalized spacial score (nSPS) is 29.0. The molecule has 0 bridgehead atoms. The van der Waals surface area contributed by atoms with Gasteiger partial charge in [0.1, 0.15) is 11.4 Å². The van der Waals surface area contributed by atoms with Crippen LogP contribution in [0.5, 0.6) is 0 Å². The SMILES string of the molecule is NC1=NC(=O)N(C2CC2)C12CCc1c(Br)cccc12. The van der Waals surface area contributed by atoms with Crippen LogP contribution in [-0.4, -0.2) is 22.8 Å². The number of fused-ring (bicyclic) bond motifs is 2. The maximum Gasteiger partial charge on any atom is 0.346 e. The fraction of sp³-hybridized carbons (Fsp3) is 0.429. The number of carbonyl (C=O) groups is 1. The molecule has 19 heavy (non-hydrogen) atoms. The zero-order chi connectivity index (χ0) is 13.2. The first-order chi connectivity index (χ1) is 9.14. The molecule has 5 heteroatoms. The molecule has 4 nitrogen and oxygen atoms in total. The Bertz CT molecular complexity index is 623. The summed E-state index contributed by atoms with van der Waals surface area (Å²) in [5, 5.41) is 0. The number of benzene rings is 1. The number of amidine groups is 1. The van der Waals surface area contributed by atoms with Gasteiger partial charge in [-0.25, -0.2) is 4.79 Å². The molecule has 1 atom stereocenters. The van der Waals surface area contributed by atoms with Crippen LogP contribution in [0.25, 0.3) is 0 Å². The smallest absolute Gasteiger partial charge is 0.346 e. The summed E-state index contributed by atoms with van der Waals surface area (Å²) in [5.41, 5.74) is 8.10. The van der Waals surface area contributed by atoms with E-state index in [0.717, 1.165) is 35.7 Å². The van der Waals surface area contributed by atoms with Crippen LogP contribution >= 0.6 is 15.9 Å². The van der Waals surface area contributed by atoms with Crippen LogP contribution in [0.15, 0.2) is 27.7 Å². The summed E-state index contributed by atoms with van der Waals surface area (Å²) in [4.78, 5) is 18.2. The van der Waals surface area contributed by atoms with Gasteiger partial charge in [-0.1, -0.05) is 28.1 Å². The van der Waals surface area contributed by atoms with Gasteiger partial charge in [-0.05, 0) is 42.9 Å². The highest BCUT2D eigenvalue weighted by Crippen LogP contribution is 2.50. The number of rotatable bonds is 1. The predicted octanol–water partition coefficient (Wildman–Crippen LogP) is 2.55. The Morgan fingerprint density at radius 1 is 1.42 bits per heavy atom. The minimum atomic E-state index is -0.475. The largest absolute Gasteiger partial charge is 0.385 e. The van der Waals surface area contributed by atoms with Crippen LogP contribution < -0.4 is 5.73 Å². The molecular formula is C14H14BrN3O. The van der Waals surface area contributed by atoms with Crippen molar-refractivity contribution in [3.8, 4) is 0 Å². The second-order valence-corrected chi connectivity index (χ2v) is 6.36. The van der Waals surface area contributed by atoms with Crippen molar-refractivity contribution in [1.82, 2.24) is 4.90 Å². The summed E-state index contributed by atoms with van der Waals surface area (Å²) >= 11 is 3.60. The van der Waals surface area contributed by atoms with Crippen molar-refractivity contribution in [3.05, 3.63) is 33.8 Å². The van der Waals surface area contributed by atoms with Gasteiger partial charge in [-0.15, -0.1) is 0 Å². The van der Waals surface area contributed by atoms with E-state index in [1.165, 1.54) is 5.56 Å². The molecular weight excluding hydrogens is 306 g/mol. The van der Waals surface area contributed by atoms with Gasteiger partial charge in [-0.2, -0.15) is 4.99 Å². The van der Waals surface area contributed by atoms with Gasteiger partial charge >= 0.3 is 6.03 Å². The van der Waals surface area contributed by atoms with E-state index < -0.39 is 5.54 Å². The summed E-state index contributed by atoms with van der Waals surface area (Å²) in [5.74, 6) is 0.473. The number of nitrogens with two attached hydrogens (primary N) is 1. The summed E-state index contributed by atoms with van der Waals surface area (Å²) in [7, 11) is 0. The van der Waals surface area contributed by atoms with E-state index in [0.29, 0.717) is 11.9 Å². The van der Waals surface area contributed by atoms with Crippen LogP contribution in [0.1, 0.15) is 30.4 Å². The Labute approximate surface area is 119 Å². The first-order valence-corrected chi connectivity index (χ1v) is 7.40. The van der Waals surface area contributed by atoms with Crippen LogP contribution in [0.4, 0.5) is 4.79 Å². The van der Waals surface area contributed by atoms with Gasteiger partial charge < -0.3 is 10.6 Å². The molecule has 4 rings (SSSR count). The third-order valence-corrected chi connectivity index (χ3v) is 5.21. The van der Waals surface area contributed by atoms with Gasteiger partial charge in [-0.3, -0.25) is 0 Å². The average Bonchev–Trinajstić information content (AvgIpc) is 3.06. The molecule has 1 heterocycles. The van der Waals surface area contributed by atoms with E-state index in [4.69, 9.17) is 5.73 Å². The number of hydrogen-bond acceptors (Lipinski definition) is 2. The molecule has 0 saturated heterocycles. The van der Waals surface area contributed by atoms with E-state index in [9.17, 15) is 4.79 Å². The molecule has 1 aromatic rings. The van der Waals surface area contributed by atoms with E-state index in [2.05, 4.69) is 27.0 Å². The number of carbonyl (C=O) groups excluding carboxylic acids is 1. The Kier molecular flexibility index (Phi) is 2.17. The molecule has 1 aromatic carbocycles. The first kappa shape index (κ1) is 11.5. The predicted molar refractivity (Wildman–Crippen MR) is 76.0 cm³/mol. The van der Waals surface area contributed by atoms with Gasteiger partial charge in [0.05, 0.1) is 0 Å². The molecule has 1 unspecified atom stereocenters. The number of amides is 2. The summed E-state index contributed by atoms with van der Waals surface area (Å²) in [6.45, 7) is 0. The van der Waals surface area contributed by atoms with Crippen molar-refractivity contribution in [3.63, 3.8) is 0 Å². The lowest BCUT2D eigenvalue weighted by Gasteiger charge is -2.35. The lowest BCUT2D eigenvalue weighted by Crippen LogP contribution is -2.51. The standard InChI is InChI=1S/C14H14BrN3O/c15-11-3-1-2-10-9(11)6-7-14(10)12(16)17-13(19)18(14)8-4-5-8/h1-3,8H,4-7H2,(H2,16,17,19). The lowest BCUT2D eigenvalue weighted by molar-refractivity contribution is 0.165. The molecule has 1 aliphatic heterocycles. The Balaban J connectivity index is 1.93. The monoisotopic (exact) mass is 319 g/mol. The number of urea groups is 1. The molecule has 1 spiro atoms. The average molecular weight is 320 g/mol. The fourth-order valence-corrected chi connectivity index (χ4v) is 4.06. The Morgan fingerprint density at radius 2 is 2.21 bits per heavy atom. The van der Waals surface area contributed by atoms with E-state index in [-0.39, 0.29) is 6.03 Å². The third-order valence-electron chi connectivity index (χ3n) is 4.47.